The van der Waals surface area contributed by atoms with Crippen molar-refractivity contribution in [1.82, 2.24) is 0 Å². The molecule has 0 bridgehead atoms. The minimum atomic E-state index is -0.420. The van der Waals surface area contributed by atoms with E-state index in [1.165, 1.54) is 0 Å². The molecule has 0 aromatic rings. The average molecular weight is 110 g/mol. The van der Waals surface area contributed by atoms with Gasteiger partial charge in [-0.2, -0.15) is 0 Å². The molecule has 0 atom stereocenters. The Hall–Kier alpha value is -0.660. The molecule has 0 aliphatic heterocycles. The Labute approximate surface area is 47.9 Å². The zero-order valence-electron chi connectivity index (χ0n) is 4.44. The lowest BCUT2D eigenvalue weighted by molar-refractivity contribution is -0.135. The minimum absolute atomic E-state index is 0.281. The first-order chi connectivity index (χ1) is 3.80. The van der Waals surface area contributed by atoms with E-state index >= 15 is 0 Å². The average Bonchev–Trinajstić information content (AvgIpc) is 1.77. The van der Waals surface area contributed by atoms with Gasteiger partial charge in [-0.1, -0.05) is 0 Å². The Bertz CT molecular complexity index is 110. The van der Waals surface area contributed by atoms with Crippen molar-refractivity contribution < 1.29 is 9.59 Å². The minimum Gasteiger partial charge on any atom is -0.291 e. The van der Waals surface area contributed by atoms with Crippen molar-refractivity contribution in [2.75, 3.05) is 0 Å². The molecule has 8 heavy (non-hydrogen) atoms. The van der Waals surface area contributed by atoms with Crippen molar-refractivity contribution in [2.24, 2.45) is 0 Å². The summed E-state index contributed by atoms with van der Waals surface area (Å²) in [4.78, 5) is 20.7. The highest BCUT2D eigenvalue weighted by molar-refractivity contribution is 6.41. The van der Waals surface area contributed by atoms with E-state index in [2.05, 4.69) is 6.42 Å². The zero-order valence-corrected chi connectivity index (χ0v) is 4.44. The van der Waals surface area contributed by atoms with Crippen LogP contribution in [0.2, 0.25) is 0 Å². The smallest absolute Gasteiger partial charge is 0.206 e. The molecule has 0 saturated heterocycles. The van der Waals surface area contributed by atoms with Crippen LogP contribution in [0.3, 0.4) is 0 Å². The van der Waals surface area contributed by atoms with Gasteiger partial charge in [0.1, 0.15) is 0 Å². The summed E-state index contributed by atoms with van der Waals surface area (Å²) in [5.74, 6) is -0.701. The van der Waals surface area contributed by atoms with Crippen LogP contribution in [0.1, 0.15) is 19.3 Å². The maximum atomic E-state index is 10.4. The quantitative estimate of drug-likeness (QED) is 0.423. The summed E-state index contributed by atoms with van der Waals surface area (Å²) in [6.07, 6.45) is 4.32. The standard InChI is InChI=1S/C6H6O2/c7-5-3-1-2-4-6(5)8/h1-3H2. The summed E-state index contributed by atoms with van der Waals surface area (Å²) in [6, 6.07) is 0. The fourth-order valence-corrected chi connectivity index (χ4v) is 0.663. The normalized spacial score (nSPS) is 21.5. The van der Waals surface area contributed by atoms with Crippen molar-refractivity contribution in [2.45, 2.75) is 19.3 Å². The van der Waals surface area contributed by atoms with E-state index in [9.17, 15) is 9.59 Å². The highest BCUT2D eigenvalue weighted by Gasteiger charge is 2.17. The molecule has 2 heteroatoms. The van der Waals surface area contributed by atoms with E-state index in [1.807, 2.05) is 0 Å². The van der Waals surface area contributed by atoms with E-state index in [0.29, 0.717) is 12.8 Å². The molecule has 1 saturated carbocycles. The number of carbonyl (C=O) groups excluding carboxylic acids is 2. The van der Waals surface area contributed by atoms with Crippen LogP contribution in [0, 0.1) is 6.42 Å². The second-order valence-corrected chi connectivity index (χ2v) is 1.78. The maximum absolute atomic E-state index is 10.4. The van der Waals surface area contributed by atoms with Gasteiger partial charge >= 0.3 is 0 Å². The van der Waals surface area contributed by atoms with E-state index in [-0.39, 0.29) is 5.78 Å². The highest BCUT2D eigenvalue weighted by Crippen LogP contribution is 2.08. The van der Waals surface area contributed by atoms with Gasteiger partial charge in [0.25, 0.3) is 0 Å². The fraction of sp³-hybridized carbons (Fsp3) is 0.500. The van der Waals surface area contributed by atoms with Crippen molar-refractivity contribution in [3.05, 3.63) is 6.42 Å². The van der Waals surface area contributed by atoms with Crippen LogP contribution in [0.15, 0.2) is 0 Å². The molecule has 1 aliphatic carbocycles. The Kier molecular flexibility index (Phi) is 1.42. The Morgan fingerprint density at radius 2 is 2.12 bits per heavy atom. The third kappa shape index (κ3) is 0.941. The van der Waals surface area contributed by atoms with Crippen LogP contribution in [-0.2, 0) is 9.59 Å². The molecule has 42 valence electrons. The molecule has 0 unspecified atom stereocenters. The second kappa shape index (κ2) is 2.07. The van der Waals surface area contributed by atoms with Gasteiger partial charge < -0.3 is 0 Å². The van der Waals surface area contributed by atoms with Crippen LogP contribution in [-0.4, -0.2) is 11.6 Å². The van der Waals surface area contributed by atoms with Gasteiger partial charge in [0.05, 0.1) is 6.42 Å². The summed E-state index contributed by atoms with van der Waals surface area (Å²) >= 11 is 0. The lowest BCUT2D eigenvalue weighted by Gasteiger charge is -2.03. The summed E-state index contributed by atoms with van der Waals surface area (Å²) in [6.45, 7) is 0. The first kappa shape index (κ1) is 5.48. The molecule has 0 aromatic heterocycles. The zero-order chi connectivity index (χ0) is 5.98. The molecule has 0 N–H and O–H groups in total. The molecule has 1 fully saturated rings. The lowest BCUT2D eigenvalue weighted by Crippen LogP contribution is -2.18. The SMILES string of the molecule is O=C1[C]CCCC1=O. The summed E-state index contributed by atoms with van der Waals surface area (Å²) in [5, 5.41) is 0. The molecular weight excluding hydrogens is 104 g/mol. The molecule has 0 aromatic carbocycles. The van der Waals surface area contributed by atoms with Crippen LogP contribution >= 0.6 is 0 Å². The van der Waals surface area contributed by atoms with E-state index < -0.39 is 5.78 Å². The summed E-state index contributed by atoms with van der Waals surface area (Å²) < 4.78 is 0. The maximum Gasteiger partial charge on any atom is 0.206 e. The number of carbonyl (C=O) groups is 2. The Morgan fingerprint density at radius 3 is 2.50 bits per heavy atom. The number of hydrogen-bond acceptors (Lipinski definition) is 2. The number of rotatable bonds is 0. The van der Waals surface area contributed by atoms with Crippen LogP contribution in [0.25, 0.3) is 0 Å². The van der Waals surface area contributed by atoms with Crippen molar-refractivity contribution in [1.29, 1.82) is 0 Å². The third-order valence-electron chi connectivity index (χ3n) is 1.12. The molecule has 0 amide bonds. The molecule has 0 spiro atoms. The number of ketones is 2. The third-order valence-corrected chi connectivity index (χ3v) is 1.12. The van der Waals surface area contributed by atoms with Crippen LogP contribution in [0.4, 0.5) is 0 Å². The topological polar surface area (TPSA) is 34.1 Å². The Balaban J connectivity index is 2.52. The first-order valence-corrected chi connectivity index (χ1v) is 2.62. The van der Waals surface area contributed by atoms with Gasteiger partial charge in [-0.15, -0.1) is 0 Å². The van der Waals surface area contributed by atoms with Gasteiger partial charge in [0, 0.05) is 6.42 Å². The predicted octanol–water partition coefficient (Wildman–Crippen LogP) is 0.390. The fourth-order valence-electron chi connectivity index (χ4n) is 0.663. The molecule has 1 rings (SSSR count). The van der Waals surface area contributed by atoms with E-state index in [1.54, 1.807) is 0 Å². The number of Topliss-reactive ketones (excluding diaryl/α,β-unsaturated/α-hetero) is 2. The number of hydrogen-bond donors (Lipinski definition) is 0. The van der Waals surface area contributed by atoms with Crippen molar-refractivity contribution >= 4 is 11.6 Å². The molecular formula is C6H6O2. The predicted molar refractivity (Wildman–Crippen MR) is 27.1 cm³/mol. The van der Waals surface area contributed by atoms with Crippen LogP contribution in [0.5, 0.6) is 0 Å². The van der Waals surface area contributed by atoms with Gasteiger partial charge in [-0.25, -0.2) is 0 Å². The molecule has 1 aliphatic rings. The molecule has 2 radical (unpaired) electrons. The largest absolute Gasteiger partial charge is 0.291 e. The van der Waals surface area contributed by atoms with Gasteiger partial charge in [-0.3, -0.25) is 9.59 Å². The highest BCUT2D eigenvalue weighted by atomic mass is 16.2. The van der Waals surface area contributed by atoms with E-state index in [0.717, 1.165) is 6.42 Å². The first-order valence-electron chi connectivity index (χ1n) is 2.62. The van der Waals surface area contributed by atoms with Gasteiger partial charge in [0.15, 0.2) is 5.78 Å². The van der Waals surface area contributed by atoms with Crippen LogP contribution < -0.4 is 0 Å². The molecule has 2 nitrogen and oxygen atoms in total. The van der Waals surface area contributed by atoms with Crippen molar-refractivity contribution in [3.8, 4) is 0 Å². The summed E-state index contributed by atoms with van der Waals surface area (Å²) in [5.41, 5.74) is 0. The lowest BCUT2D eigenvalue weighted by atomic mass is 9.98. The van der Waals surface area contributed by atoms with Gasteiger partial charge in [-0.05, 0) is 12.8 Å². The second-order valence-electron chi connectivity index (χ2n) is 1.78. The Morgan fingerprint density at radius 1 is 1.38 bits per heavy atom. The van der Waals surface area contributed by atoms with E-state index in [4.69, 9.17) is 0 Å². The monoisotopic (exact) mass is 110 g/mol. The summed E-state index contributed by atoms with van der Waals surface area (Å²) in [7, 11) is 0. The van der Waals surface area contributed by atoms with Gasteiger partial charge in [0.2, 0.25) is 5.78 Å². The molecule has 0 heterocycles. The van der Waals surface area contributed by atoms with Crippen molar-refractivity contribution in [3.63, 3.8) is 0 Å².